The maximum Gasteiger partial charge on any atom is 0.161 e. The largest absolute Gasteiger partial charge is 0.245 e. The number of hydrogen-bond acceptors (Lipinski definition) is 3. The highest BCUT2D eigenvalue weighted by molar-refractivity contribution is 5.76. The summed E-state index contributed by atoms with van der Waals surface area (Å²) in [6.07, 6.45) is 3.41. The first-order chi connectivity index (χ1) is 7.20. The summed E-state index contributed by atoms with van der Waals surface area (Å²) >= 11 is 0. The smallest absolute Gasteiger partial charge is 0.161 e. The molecule has 0 aliphatic rings. The molecule has 0 fully saturated rings. The van der Waals surface area contributed by atoms with E-state index in [-0.39, 0.29) is 0 Å². The summed E-state index contributed by atoms with van der Waals surface area (Å²) in [6, 6.07) is 0.340. The van der Waals surface area contributed by atoms with Crippen LogP contribution in [-0.2, 0) is 0 Å². The normalized spacial score (nSPS) is 10.3. The maximum absolute atomic E-state index is 4.27. The van der Waals surface area contributed by atoms with Crippen molar-refractivity contribution in [2.75, 3.05) is 0 Å². The summed E-state index contributed by atoms with van der Waals surface area (Å²) in [4.78, 5) is 8.33. The van der Waals surface area contributed by atoms with E-state index < -0.39 is 0 Å². The molecule has 15 heavy (non-hydrogen) atoms. The maximum atomic E-state index is 4.27. The first kappa shape index (κ1) is 11.6. The van der Waals surface area contributed by atoms with Crippen LogP contribution >= 0.6 is 0 Å². The van der Waals surface area contributed by atoms with E-state index >= 15 is 0 Å². The van der Waals surface area contributed by atoms with Gasteiger partial charge in [0.15, 0.2) is 5.65 Å². The third-order valence-corrected chi connectivity index (χ3v) is 2.08. The van der Waals surface area contributed by atoms with E-state index in [9.17, 15) is 0 Å². The Morgan fingerprint density at radius 1 is 1.20 bits per heavy atom. The lowest BCUT2D eigenvalue weighted by molar-refractivity contribution is 0.546. The van der Waals surface area contributed by atoms with Crippen LogP contribution in [0.2, 0.25) is 0 Å². The van der Waals surface area contributed by atoms with Gasteiger partial charge in [-0.1, -0.05) is 13.8 Å². The van der Waals surface area contributed by atoms with Crippen LogP contribution in [0.15, 0.2) is 12.5 Å². The van der Waals surface area contributed by atoms with Crippen molar-refractivity contribution < 1.29 is 0 Å². The molecule has 2 rings (SSSR count). The summed E-state index contributed by atoms with van der Waals surface area (Å²) in [5.74, 6) is 0. The second kappa shape index (κ2) is 4.87. The van der Waals surface area contributed by atoms with Gasteiger partial charge >= 0.3 is 0 Å². The van der Waals surface area contributed by atoms with Crippen LogP contribution in [0.25, 0.3) is 11.0 Å². The Morgan fingerprint density at radius 2 is 1.87 bits per heavy atom. The summed E-state index contributed by atoms with van der Waals surface area (Å²) in [5.41, 5.74) is 1.90. The molecule has 4 nitrogen and oxygen atoms in total. The molecule has 2 aromatic rings. The van der Waals surface area contributed by atoms with Crippen molar-refractivity contribution in [3.8, 4) is 0 Å². The molecule has 0 saturated heterocycles. The summed E-state index contributed by atoms with van der Waals surface area (Å²) in [5, 5.41) is 5.31. The predicted octanol–water partition coefficient (Wildman–Crippen LogP) is 2.74. The van der Waals surface area contributed by atoms with E-state index in [0.29, 0.717) is 6.04 Å². The highest BCUT2D eigenvalue weighted by atomic mass is 15.3. The van der Waals surface area contributed by atoms with E-state index in [4.69, 9.17) is 0 Å². The molecule has 0 amide bonds. The fraction of sp³-hybridized carbons (Fsp3) is 0.545. The Balaban J connectivity index is 0.000000531. The average Bonchev–Trinajstić information content (AvgIpc) is 2.66. The van der Waals surface area contributed by atoms with Gasteiger partial charge in [-0.15, -0.1) is 0 Å². The van der Waals surface area contributed by atoms with Crippen LogP contribution in [0.3, 0.4) is 0 Å². The molecule has 0 bridgehead atoms. The molecule has 2 aromatic heterocycles. The zero-order chi connectivity index (χ0) is 11.4. The van der Waals surface area contributed by atoms with Gasteiger partial charge in [-0.2, -0.15) is 5.10 Å². The Bertz CT molecular complexity index is 431. The SMILES string of the molecule is CC.Cc1ncnc2c1cnn2C(C)C. The molecule has 0 aliphatic carbocycles. The second-order valence-electron chi connectivity index (χ2n) is 3.38. The van der Waals surface area contributed by atoms with Crippen molar-refractivity contribution in [3.63, 3.8) is 0 Å². The molecule has 0 saturated carbocycles. The molecular weight excluding hydrogens is 188 g/mol. The topological polar surface area (TPSA) is 43.6 Å². The summed E-state index contributed by atoms with van der Waals surface area (Å²) in [7, 11) is 0. The number of hydrogen-bond donors (Lipinski definition) is 0. The molecule has 0 aliphatic heterocycles. The first-order valence-corrected chi connectivity index (χ1v) is 5.35. The van der Waals surface area contributed by atoms with Crippen molar-refractivity contribution in [1.29, 1.82) is 0 Å². The monoisotopic (exact) mass is 206 g/mol. The van der Waals surface area contributed by atoms with Gasteiger partial charge in [0.05, 0.1) is 17.3 Å². The van der Waals surface area contributed by atoms with Crippen LogP contribution in [-0.4, -0.2) is 19.7 Å². The van der Waals surface area contributed by atoms with Gasteiger partial charge < -0.3 is 0 Å². The van der Waals surface area contributed by atoms with Gasteiger partial charge in [-0.05, 0) is 20.8 Å². The Hall–Kier alpha value is -1.45. The zero-order valence-electron chi connectivity index (χ0n) is 10.0. The lowest BCUT2D eigenvalue weighted by Crippen LogP contribution is -2.03. The van der Waals surface area contributed by atoms with Gasteiger partial charge in [0.25, 0.3) is 0 Å². The fourth-order valence-electron chi connectivity index (χ4n) is 1.36. The summed E-state index contributed by atoms with van der Waals surface area (Å²) in [6.45, 7) is 10.1. The van der Waals surface area contributed by atoms with Crippen LogP contribution in [0.5, 0.6) is 0 Å². The van der Waals surface area contributed by atoms with E-state index in [1.807, 2.05) is 31.6 Å². The first-order valence-electron chi connectivity index (χ1n) is 5.35. The number of aromatic nitrogens is 4. The number of fused-ring (bicyclic) bond motifs is 1. The predicted molar refractivity (Wildman–Crippen MR) is 61.8 cm³/mol. The van der Waals surface area contributed by atoms with Crippen molar-refractivity contribution in [2.24, 2.45) is 0 Å². The average molecular weight is 206 g/mol. The zero-order valence-corrected chi connectivity index (χ0v) is 10.0. The van der Waals surface area contributed by atoms with Gasteiger partial charge in [0.2, 0.25) is 0 Å². The molecule has 0 atom stereocenters. The van der Waals surface area contributed by atoms with E-state index in [1.54, 1.807) is 6.33 Å². The van der Waals surface area contributed by atoms with Crippen LogP contribution < -0.4 is 0 Å². The molecule has 82 valence electrons. The van der Waals surface area contributed by atoms with Crippen LogP contribution in [0.4, 0.5) is 0 Å². The second-order valence-corrected chi connectivity index (χ2v) is 3.38. The van der Waals surface area contributed by atoms with Crippen LogP contribution in [0.1, 0.15) is 39.4 Å². The van der Waals surface area contributed by atoms with Crippen molar-refractivity contribution >= 4 is 11.0 Å². The Morgan fingerprint density at radius 3 is 2.47 bits per heavy atom. The number of nitrogens with zero attached hydrogens (tertiary/aromatic N) is 4. The van der Waals surface area contributed by atoms with E-state index in [2.05, 4.69) is 28.9 Å². The molecular formula is C11H18N4. The van der Waals surface area contributed by atoms with Crippen molar-refractivity contribution in [1.82, 2.24) is 19.7 Å². The number of rotatable bonds is 1. The minimum absolute atomic E-state index is 0.340. The van der Waals surface area contributed by atoms with Gasteiger partial charge in [0.1, 0.15) is 6.33 Å². The molecule has 0 radical (unpaired) electrons. The third kappa shape index (κ3) is 2.14. The van der Waals surface area contributed by atoms with Crippen LogP contribution in [0, 0.1) is 6.92 Å². The van der Waals surface area contributed by atoms with Gasteiger partial charge in [0, 0.05) is 6.04 Å². The molecule has 0 unspecified atom stereocenters. The lowest BCUT2D eigenvalue weighted by atomic mass is 10.3. The van der Waals surface area contributed by atoms with Crippen molar-refractivity contribution in [2.45, 2.75) is 40.7 Å². The highest BCUT2D eigenvalue weighted by Gasteiger charge is 2.08. The minimum Gasteiger partial charge on any atom is -0.245 e. The highest BCUT2D eigenvalue weighted by Crippen LogP contribution is 2.16. The Labute approximate surface area is 90.4 Å². The molecule has 2 heterocycles. The lowest BCUT2D eigenvalue weighted by Gasteiger charge is -2.05. The molecule has 4 heteroatoms. The Kier molecular flexibility index (Phi) is 3.77. The quantitative estimate of drug-likeness (QED) is 0.720. The van der Waals surface area contributed by atoms with E-state index in [1.165, 1.54) is 0 Å². The molecule has 0 aromatic carbocycles. The van der Waals surface area contributed by atoms with Gasteiger partial charge in [-0.25, -0.2) is 14.6 Å². The standard InChI is InChI=1S/C9H12N4.C2H6/c1-6(2)13-9-8(4-12-13)7(3)10-5-11-9;1-2/h4-6H,1-3H3;1-2H3. The molecule has 0 spiro atoms. The van der Waals surface area contributed by atoms with Gasteiger partial charge in [-0.3, -0.25) is 0 Å². The van der Waals surface area contributed by atoms with Crippen molar-refractivity contribution in [3.05, 3.63) is 18.2 Å². The minimum atomic E-state index is 0.340. The number of aryl methyl sites for hydroxylation is 1. The molecule has 0 N–H and O–H groups in total. The summed E-state index contributed by atoms with van der Waals surface area (Å²) < 4.78 is 1.91. The fourth-order valence-corrected chi connectivity index (χ4v) is 1.36. The third-order valence-electron chi connectivity index (χ3n) is 2.08. The van der Waals surface area contributed by atoms with E-state index in [0.717, 1.165) is 16.7 Å².